The van der Waals surface area contributed by atoms with E-state index >= 15 is 0 Å². The van der Waals surface area contributed by atoms with Crippen molar-refractivity contribution in [1.29, 1.82) is 0 Å². The molecule has 0 aliphatic rings. The minimum atomic E-state index is -0.725. The van der Waals surface area contributed by atoms with Gasteiger partial charge in [-0.05, 0) is 32.0 Å². The van der Waals surface area contributed by atoms with Crippen molar-refractivity contribution in [1.82, 2.24) is 9.78 Å². The number of esters is 1. The van der Waals surface area contributed by atoms with Crippen LogP contribution in [0.3, 0.4) is 0 Å². The van der Waals surface area contributed by atoms with Crippen LogP contribution in [0.1, 0.15) is 42.9 Å². The number of fused-ring (bicyclic) bond motifs is 2. The van der Waals surface area contributed by atoms with Gasteiger partial charge in [-0.1, -0.05) is 18.2 Å². The third kappa shape index (κ3) is 4.38. The number of hydrogen-bond acceptors (Lipinski definition) is 7. The number of nitrogens with zero attached hydrogens (tertiary/aromatic N) is 2. The number of carbonyl (C=O) groups is 2. The quantitative estimate of drug-likeness (QED) is 0.368. The second-order valence-electron chi connectivity index (χ2n) is 7.80. The predicted molar refractivity (Wildman–Crippen MR) is 122 cm³/mol. The van der Waals surface area contributed by atoms with Crippen molar-refractivity contribution >= 4 is 39.3 Å². The second kappa shape index (κ2) is 8.70. The number of ether oxygens (including phenoxy) is 1. The first-order valence-electron chi connectivity index (χ1n) is 10.3. The zero-order valence-corrected chi connectivity index (χ0v) is 18.2. The largest absolute Gasteiger partial charge is 0.456 e. The number of hydrogen-bond donors (Lipinski definition) is 1. The van der Waals surface area contributed by atoms with Gasteiger partial charge < -0.3 is 14.5 Å². The molecule has 9 heteroatoms. The standard InChI is InChI=1S/C24H21N3O6/c1-13(2)27-23(30)19-7-5-4-6-18(19)22(26-27)24(31)32-12-15-10-21(29)33-20-11-16(25-14(3)28)8-9-17(15)20/h4-11,13H,12H2,1-3H3,(H,25,28). The normalized spacial score (nSPS) is 11.2. The Morgan fingerprint density at radius 3 is 2.48 bits per heavy atom. The molecule has 2 heterocycles. The lowest BCUT2D eigenvalue weighted by atomic mass is 10.1. The third-order valence-electron chi connectivity index (χ3n) is 5.02. The highest BCUT2D eigenvalue weighted by Crippen LogP contribution is 2.23. The molecule has 0 saturated carbocycles. The molecule has 0 unspecified atom stereocenters. The van der Waals surface area contributed by atoms with Crippen LogP contribution in [0.15, 0.2) is 62.5 Å². The van der Waals surface area contributed by atoms with E-state index < -0.39 is 11.6 Å². The molecular formula is C24H21N3O6. The molecule has 9 nitrogen and oxygen atoms in total. The highest BCUT2D eigenvalue weighted by Gasteiger charge is 2.20. The van der Waals surface area contributed by atoms with Gasteiger partial charge in [-0.25, -0.2) is 14.3 Å². The summed E-state index contributed by atoms with van der Waals surface area (Å²) in [6, 6.07) is 12.5. The second-order valence-corrected chi connectivity index (χ2v) is 7.80. The maximum atomic E-state index is 13.0. The summed E-state index contributed by atoms with van der Waals surface area (Å²) >= 11 is 0. The summed E-state index contributed by atoms with van der Waals surface area (Å²) in [6.07, 6.45) is 0. The SMILES string of the molecule is CC(=O)Nc1ccc2c(COC(=O)c3nn(C(C)C)c(=O)c4ccccc34)cc(=O)oc2c1. The maximum absolute atomic E-state index is 13.0. The Morgan fingerprint density at radius 2 is 1.79 bits per heavy atom. The van der Waals surface area contributed by atoms with Gasteiger partial charge in [-0.2, -0.15) is 5.10 Å². The van der Waals surface area contributed by atoms with Crippen molar-refractivity contribution in [3.05, 3.63) is 80.6 Å². The molecule has 0 radical (unpaired) electrons. The highest BCUT2D eigenvalue weighted by molar-refractivity contribution is 6.02. The number of amides is 1. The summed E-state index contributed by atoms with van der Waals surface area (Å²) < 4.78 is 12.0. The Morgan fingerprint density at radius 1 is 1.06 bits per heavy atom. The van der Waals surface area contributed by atoms with Crippen LogP contribution >= 0.6 is 0 Å². The molecule has 1 amide bonds. The Hall–Kier alpha value is -4.27. The summed E-state index contributed by atoms with van der Waals surface area (Å²) in [5, 5.41) is 8.17. The van der Waals surface area contributed by atoms with Gasteiger partial charge >= 0.3 is 11.6 Å². The van der Waals surface area contributed by atoms with Crippen molar-refractivity contribution in [3.63, 3.8) is 0 Å². The van der Waals surface area contributed by atoms with Crippen molar-refractivity contribution in [2.75, 3.05) is 5.32 Å². The van der Waals surface area contributed by atoms with Gasteiger partial charge in [0.15, 0.2) is 5.69 Å². The van der Waals surface area contributed by atoms with Gasteiger partial charge in [0.2, 0.25) is 5.91 Å². The highest BCUT2D eigenvalue weighted by atomic mass is 16.5. The molecule has 4 rings (SSSR count). The predicted octanol–water partition coefficient (Wildman–Crippen LogP) is 3.40. The lowest BCUT2D eigenvalue weighted by Crippen LogP contribution is -2.27. The fraction of sp³-hybridized carbons (Fsp3) is 0.208. The molecule has 0 aliphatic carbocycles. The summed E-state index contributed by atoms with van der Waals surface area (Å²) in [5.41, 5.74) is 0.254. The zero-order chi connectivity index (χ0) is 23.7. The Balaban J connectivity index is 1.69. The number of nitrogens with one attached hydrogen (secondary N) is 1. The van der Waals surface area contributed by atoms with Crippen molar-refractivity contribution < 1.29 is 18.7 Å². The van der Waals surface area contributed by atoms with E-state index in [1.54, 1.807) is 50.2 Å². The van der Waals surface area contributed by atoms with Crippen LogP contribution in [-0.4, -0.2) is 21.7 Å². The lowest BCUT2D eigenvalue weighted by molar-refractivity contribution is -0.114. The minimum absolute atomic E-state index is 0.0131. The zero-order valence-electron chi connectivity index (χ0n) is 18.2. The summed E-state index contributed by atoms with van der Waals surface area (Å²) in [7, 11) is 0. The van der Waals surface area contributed by atoms with Gasteiger partial charge in [0, 0.05) is 41.1 Å². The number of carbonyl (C=O) groups excluding carboxylic acids is 2. The first-order chi connectivity index (χ1) is 15.7. The lowest BCUT2D eigenvalue weighted by Gasteiger charge is -2.13. The van der Waals surface area contributed by atoms with Gasteiger partial charge in [-0.15, -0.1) is 0 Å². The van der Waals surface area contributed by atoms with Crippen LogP contribution in [0.25, 0.3) is 21.7 Å². The Bertz CT molecular complexity index is 1520. The Labute approximate surface area is 187 Å². The third-order valence-corrected chi connectivity index (χ3v) is 5.02. The van der Waals surface area contributed by atoms with Crippen LogP contribution < -0.4 is 16.5 Å². The molecule has 0 bridgehead atoms. The van der Waals surface area contributed by atoms with Gasteiger partial charge in [0.25, 0.3) is 5.56 Å². The molecule has 33 heavy (non-hydrogen) atoms. The van der Waals surface area contributed by atoms with Crippen LogP contribution in [0.4, 0.5) is 5.69 Å². The molecule has 0 saturated heterocycles. The molecule has 2 aromatic heterocycles. The molecular weight excluding hydrogens is 426 g/mol. The average Bonchev–Trinajstić information content (AvgIpc) is 2.76. The molecule has 0 fully saturated rings. The van der Waals surface area contributed by atoms with E-state index in [0.717, 1.165) is 0 Å². The smallest absolute Gasteiger partial charge is 0.359 e. The fourth-order valence-electron chi connectivity index (χ4n) is 3.55. The number of anilines is 1. The molecule has 0 aliphatic heterocycles. The monoisotopic (exact) mass is 447 g/mol. The summed E-state index contributed by atoms with van der Waals surface area (Å²) in [6.45, 7) is 4.75. The average molecular weight is 447 g/mol. The number of benzene rings is 2. The first-order valence-corrected chi connectivity index (χ1v) is 10.3. The van der Waals surface area contributed by atoms with Gasteiger partial charge in [0.1, 0.15) is 12.2 Å². The van der Waals surface area contributed by atoms with E-state index in [-0.39, 0.29) is 35.4 Å². The van der Waals surface area contributed by atoms with Crippen molar-refractivity contribution in [2.45, 2.75) is 33.4 Å². The topological polar surface area (TPSA) is 120 Å². The number of aromatic nitrogens is 2. The molecule has 4 aromatic rings. The van der Waals surface area contributed by atoms with E-state index in [1.807, 2.05) is 0 Å². The first kappa shape index (κ1) is 21.9. The molecule has 1 N–H and O–H groups in total. The van der Waals surface area contributed by atoms with Gasteiger partial charge in [-0.3, -0.25) is 9.59 Å². The van der Waals surface area contributed by atoms with Crippen LogP contribution in [0, 0.1) is 0 Å². The molecule has 0 spiro atoms. The van der Waals surface area contributed by atoms with Crippen LogP contribution in [0.2, 0.25) is 0 Å². The summed E-state index contributed by atoms with van der Waals surface area (Å²) in [5.74, 6) is -0.985. The molecule has 2 aromatic carbocycles. The minimum Gasteiger partial charge on any atom is -0.456 e. The van der Waals surface area contributed by atoms with E-state index in [4.69, 9.17) is 9.15 Å². The maximum Gasteiger partial charge on any atom is 0.359 e. The van der Waals surface area contributed by atoms with E-state index in [0.29, 0.717) is 27.4 Å². The van der Waals surface area contributed by atoms with E-state index in [1.165, 1.54) is 23.7 Å². The van der Waals surface area contributed by atoms with Crippen LogP contribution in [-0.2, 0) is 16.1 Å². The summed E-state index contributed by atoms with van der Waals surface area (Å²) in [4.78, 5) is 49.0. The van der Waals surface area contributed by atoms with Gasteiger partial charge in [0.05, 0.1) is 11.4 Å². The number of rotatable bonds is 5. The Kier molecular flexibility index (Phi) is 5.78. The molecule has 0 atom stereocenters. The van der Waals surface area contributed by atoms with E-state index in [9.17, 15) is 19.2 Å². The molecule has 168 valence electrons. The van der Waals surface area contributed by atoms with E-state index in [2.05, 4.69) is 10.4 Å². The van der Waals surface area contributed by atoms with Crippen molar-refractivity contribution in [3.8, 4) is 0 Å². The fourth-order valence-corrected chi connectivity index (χ4v) is 3.55. The van der Waals surface area contributed by atoms with Crippen molar-refractivity contribution in [2.24, 2.45) is 0 Å². The van der Waals surface area contributed by atoms with Crippen LogP contribution in [0.5, 0.6) is 0 Å².